The summed E-state index contributed by atoms with van der Waals surface area (Å²) in [6.45, 7) is 1.89. The van der Waals surface area contributed by atoms with E-state index in [2.05, 4.69) is 0 Å². The van der Waals surface area contributed by atoms with E-state index in [4.69, 9.17) is 23.2 Å². The van der Waals surface area contributed by atoms with E-state index >= 15 is 0 Å². The zero-order chi connectivity index (χ0) is 10.0. The highest BCUT2D eigenvalue weighted by Crippen LogP contribution is 2.26. The zero-order valence-corrected chi connectivity index (χ0v) is 8.45. The molecule has 0 saturated heterocycles. The van der Waals surface area contributed by atoms with E-state index in [9.17, 15) is 9.90 Å². The summed E-state index contributed by atoms with van der Waals surface area (Å²) in [5.74, 6) is -1.27. The molecule has 4 heteroatoms. The molecule has 1 aromatic rings. The molecule has 70 valence electrons. The molecule has 0 aliphatic heterocycles. The number of hydrogen-bond donors (Lipinski definition) is 0. The molecule has 0 atom stereocenters. The molecule has 0 fully saturated rings. The maximum atomic E-state index is 10.5. The predicted octanol–water partition coefficient (Wildman–Crippen LogP) is 1.92. The third kappa shape index (κ3) is 2.14. The molecule has 0 unspecified atom stereocenters. The third-order valence-corrected chi connectivity index (χ3v) is 2.40. The quantitative estimate of drug-likeness (QED) is 0.760. The van der Waals surface area contributed by atoms with Crippen molar-refractivity contribution in [1.29, 1.82) is 0 Å². The Bertz CT molecular complexity index is 324. The largest absolute Gasteiger partial charge is 0.545 e. The smallest absolute Gasteiger partial charge is 0.0716 e. The van der Waals surface area contributed by atoms with Gasteiger partial charge in [-0.25, -0.2) is 0 Å². The van der Waals surface area contributed by atoms with E-state index in [1.807, 2.05) is 6.92 Å². The van der Waals surface area contributed by atoms with Gasteiger partial charge < -0.3 is 9.90 Å². The molecule has 2 nitrogen and oxygen atoms in total. The van der Waals surface area contributed by atoms with Gasteiger partial charge in [0.2, 0.25) is 0 Å². The van der Waals surface area contributed by atoms with Gasteiger partial charge >= 0.3 is 0 Å². The fourth-order valence-electron chi connectivity index (χ4n) is 1.06. The Morgan fingerprint density at radius 3 is 2.15 bits per heavy atom. The van der Waals surface area contributed by atoms with Crippen molar-refractivity contribution in [3.8, 4) is 0 Å². The number of halogens is 2. The number of aromatic carboxylic acids is 1. The zero-order valence-electron chi connectivity index (χ0n) is 6.93. The third-order valence-electron chi connectivity index (χ3n) is 1.73. The first-order chi connectivity index (χ1) is 6.06. The molecule has 0 amide bonds. The average Bonchev–Trinajstić information content (AvgIpc) is 2.03. The second kappa shape index (κ2) is 3.99. The second-order valence-electron chi connectivity index (χ2n) is 2.56. The lowest BCUT2D eigenvalue weighted by atomic mass is 10.1. The van der Waals surface area contributed by atoms with E-state index < -0.39 is 5.97 Å². The Balaban J connectivity index is 3.28. The van der Waals surface area contributed by atoms with Crippen LogP contribution in [-0.4, -0.2) is 5.97 Å². The van der Waals surface area contributed by atoms with Gasteiger partial charge in [-0.1, -0.05) is 30.1 Å². The number of carboxylic acids is 1. The van der Waals surface area contributed by atoms with Gasteiger partial charge in [0.1, 0.15) is 0 Å². The van der Waals surface area contributed by atoms with Crippen LogP contribution in [-0.2, 0) is 6.42 Å². The van der Waals surface area contributed by atoms with Crippen LogP contribution < -0.4 is 5.11 Å². The highest BCUT2D eigenvalue weighted by molar-refractivity contribution is 6.36. The van der Waals surface area contributed by atoms with Crippen LogP contribution in [0, 0.1) is 0 Å². The first-order valence-corrected chi connectivity index (χ1v) is 4.51. The van der Waals surface area contributed by atoms with Crippen LogP contribution in [0.2, 0.25) is 10.0 Å². The van der Waals surface area contributed by atoms with Crippen molar-refractivity contribution in [2.75, 3.05) is 0 Å². The molecule has 0 aromatic heterocycles. The van der Waals surface area contributed by atoms with Gasteiger partial charge in [-0.05, 0) is 24.1 Å². The van der Waals surface area contributed by atoms with E-state index in [-0.39, 0.29) is 5.56 Å². The molecule has 0 aliphatic rings. The number of carbonyl (C=O) groups is 1. The Hall–Kier alpha value is -0.730. The molecule has 0 radical (unpaired) electrons. The van der Waals surface area contributed by atoms with Gasteiger partial charge in [-0.15, -0.1) is 0 Å². The van der Waals surface area contributed by atoms with Crippen LogP contribution in [0.4, 0.5) is 0 Å². The Morgan fingerprint density at radius 2 is 1.85 bits per heavy atom. The lowest BCUT2D eigenvalue weighted by molar-refractivity contribution is -0.255. The molecule has 13 heavy (non-hydrogen) atoms. The maximum Gasteiger partial charge on any atom is 0.0716 e. The normalized spacial score (nSPS) is 10.1. The van der Waals surface area contributed by atoms with E-state index in [0.29, 0.717) is 16.5 Å². The van der Waals surface area contributed by atoms with Crippen molar-refractivity contribution in [2.24, 2.45) is 0 Å². The lowest BCUT2D eigenvalue weighted by Gasteiger charge is -2.08. The molecule has 1 aromatic carbocycles. The SMILES string of the molecule is CCc1c(Cl)cc(C(=O)[O-])cc1Cl. The topological polar surface area (TPSA) is 40.1 Å². The summed E-state index contributed by atoms with van der Waals surface area (Å²) in [5, 5.41) is 11.2. The standard InChI is InChI=1S/C9H8Cl2O2/c1-2-6-7(10)3-5(9(12)13)4-8(6)11/h3-4H,2H2,1H3,(H,12,13)/p-1. The van der Waals surface area contributed by atoms with Gasteiger partial charge in [0.15, 0.2) is 0 Å². The van der Waals surface area contributed by atoms with Crippen molar-refractivity contribution in [3.63, 3.8) is 0 Å². The van der Waals surface area contributed by atoms with Crippen molar-refractivity contribution < 1.29 is 9.90 Å². The summed E-state index contributed by atoms with van der Waals surface area (Å²) >= 11 is 11.6. The molecule has 0 aliphatic carbocycles. The summed E-state index contributed by atoms with van der Waals surface area (Å²) in [6.07, 6.45) is 0.672. The lowest BCUT2D eigenvalue weighted by Crippen LogP contribution is -2.22. The van der Waals surface area contributed by atoms with Gasteiger partial charge in [0, 0.05) is 15.6 Å². The van der Waals surface area contributed by atoms with Crippen molar-refractivity contribution >= 4 is 29.2 Å². The van der Waals surface area contributed by atoms with Crippen LogP contribution in [0.5, 0.6) is 0 Å². The Kier molecular flexibility index (Phi) is 3.17. The molecule has 0 heterocycles. The Labute approximate surface area is 86.1 Å². The van der Waals surface area contributed by atoms with Crippen molar-refractivity contribution in [1.82, 2.24) is 0 Å². The predicted molar refractivity (Wildman–Crippen MR) is 50.2 cm³/mol. The van der Waals surface area contributed by atoms with Crippen LogP contribution >= 0.6 is 23.2 Å². The summed E-state index contributed by atoms with van der Waals surface area (Å²) in [4.78, 5) is 10.5. The molecule has 0 spiro atoms. The average molecular weight is 218 g/mol. The monoisotopic (exact) mass is 217 g/mol. The van der Waals surface area contributed by atoms with E-state index in [1.165, 1.54) is 12.1 Å². The minimum absolute atomic E-state index is 0.00667. The molecular formula is C9H7Cl2O2-. The molecule has 0 N–H and O–H groups in total. The van der Waals surface area contributed by atoms with Crippen LogP contribution in [0.25, 0.3) is 0 Å². The van der Waals surface area contributed by atoms with Gasteiger partial charge in [0.05, 0.1) is 5.97 Å². The number of carbonyl (C=O) groups excluding carboxylic acids is 1. The van der Waals surface area contributed by atoms with E-state index in [1.54, 1.807) is 0 Å². The summed E-state index contributed by atoms with van der Waals surface area (Å²) in [6, 6.07) is 2.70. The first-order valence-electron chi connectivity index (χ1n) is 3.75. The van der Waals surface area contributed by atoms with Crippen molar-refractivity contribution in [2.45, 2.75) is 13.3 Å². The van der Waals surface area contributed by atoms with Crippen LogP contribution in [0.3, 0.4) is 0 Å². The molecular weight excluding hydrogens is 211 g/mol. The first kappa shape index (κ1) is 10.4. The van der Waals surface area contributed by atoms with E-state index in [0.717, 1.165) is 5.56 Å². The minimum Gasteiger partial charge on any atom is -0.545 e. The van der Waals surface area contributed by atoms with Gasteiger partial charge in [-0.2, -0.15) is 0 Å². The second-order valence-corrected chi connectivity index (χ2v) is 3.37. The minimum atomic E-state index is -1.27. The molecule has 0 saturated carbocycles. The highest BCUT2D eigenvalue weighted by Gasteiger charge is 2.06. The van der Waals surface area contributed by atoms with Gasteiger partial charge in [-0.3, -0.25) is 0 Å². The highest BCUT2D eigenvalue weighted by atomic mass is 35.5. The number of carboxylic acid groups (broad SMARTS) is 1. The number of hydrogen-bond acceptors (Lipinski definition) is 2. The summed E-state index contributed by atoms with van der Waals surface area (Å²) < 4.78 is 0. The molecule has 0 bridgehead atoms. The fraction of sp³-hybridized carbons (Fsp3) is 0.222. The number of rotatable bonds is 2. The number of benzene rings is 1. The van der Waals surface area contributed by atoms with Crippen molar-refractivity contribution in [3.05, 3.63) is 33.3 Å². The maximum absolute atomic E-state index is 10.5. The molecule has 1 rings (SSSR count). The summed E-state index contributed by atoms with van der Waals surface area (Å²) in [7, 11) is 0. The fourth-order valence-corrected chi connectivity index (χ4v) is 1.81. The van der Waals surface area contributed by atoms with Crippen LogP contribution in [0.15, 0.2) is 12.1 Å². The Morgan fingerprint density at radius 1 is 1.38 bits per heavy atom. The summed E-state index contributed by atoms with van der Waals surface area (Å²) in [5.41, 5.74) is 0.764. The van der Waals surface area contributed by atoms with Crippen LogP contribution in [0.1, 0.15) is 22.8 Å². The van der Waals surface area contributed by atoms with Gasteiger partial charge in [0.25, 0.3) is 0 Å².